The molecule has 0 spiro atoms. The fourth-order valence-corrected chi connectivity index (χ4v) is 4.86. The predicted octanol–water partition coefficient (Wildman–Crippen LogP) is 4.40. The Morgan fingerprint density at radius 3 is 2.36 bits per heavy atom. The zero-order valence-corrected chi connectivity index (χ0v) is 21.7. The highest BCUT2D eigenvalue weighted by Crippen LogP contribution is 2.38. The van der Waals surface area contributed by atoms with Gasteiger partial charge in [0.1, 0.15) is 11.5 Å². The molecule has 0 unspecified atom stereocenters. The molecule has 180 valence electrons. The van der Waals surface area contributed by atoms with Crippen LogP contribution >= 0.6 is 12.2 Å². The molecule has 3 rings (SSSR count). The fraction of sp³-hybridized carbons (Fsp3) is 0.538. The predicted molar refractivity (Wildman–Crippen MR) is 138 cm³/mol. The molecular weight excluding hydrogens is 434 g/mol. The van der Waals surface area contributed by atoms with Gasteiger partial charge in [0.2, 0.25) is 0 Å². The average Bonchev–Trinajstić information content (AvgIpc) is 2.81. The third kappa shape index (κ3) is 5.58. The van der Waals surface area contributed by atoms with Gasteiger partial charge < -0.3 is 23.8 Å². The number of thiocarbonyl (C=S) groups is 1. The number of ether oxygens (including phenoxy) is 2. The van der Waals surface area contributed by atoms with Crippen LogP contribution < -0.4 is 15.0 Å². The van der Waals surface area contributed by atoms with Gasteiger partial charge in [-0.3, -0.25) is 4.79 Å². The Labute approximate surface area is 203 Å². The van der Waals surface area contributed by atoms with Gasteiger partial charge in [0, 0.05) is 44.0 Å². The van der Waals surface area contributed by atoms with E-state index in [4.69, 9.17) is 21.7 Å². The maximum Gasteiger partial charge on any atom is 0.255 e. The molecule has 0 atom stereocenters. The summed E-state index contributed by atoms with van der Waals surface area (Å²) in [5, 5.41) is 0. The molecule has 2 aromatic rings. The van der Waals surface area contributed by atoms with Gasteiger partial charge in [-0.1, -0.05) is 32.0 Å². The summed E-state index contributed by atoms with van der Waals surface area (Å²) >= 11 is 5.71. The van der Waals surface area contributed by atoms with E-state index in [1.165, 1.54) is 12.8 Å². The van der Waals surface area contributed by atoms with E-state index in [0.29, 0.717) is 13.1 Å². The Hall–Kier alpha value is -2.38. The number of hydrogen-bond acceptors (Lipinski definition) is 5. The number of unbranched alkanes of at least 4 members (excludes halogenated alkanes) is 2. The lowest BCUT2D eigenvalue weighted by Gasteiger charge is -2.32. The van der Waals surface area contributed by atoms with E-state index in [1.54, 1.807) is 18.8 Å². The molecule has 0 saturated heterocycles. The van der Waals surface area contributed by atoms with Crippen molar-refractivity contribution in [2.24, 2.45) is 7.05 Å². The molecule has 2 heterocycles. The lowest BCUT2D eigenvalue weighted by atomic mass is 9.91. The minimum absolute atomic E-state index is 0.0537. The Balaban J connectivity index is 2.03. The van der Waals surface area contributed by atoms with Crippen LogP contribution in [-0.4, -0.2) is 54.2 Å². The van der Waals surface area contributed by atoms with Gasteiger partial charge in [0.05, 0.1) is 24.8 Å². The van der Waals surface area contributed by atoms with Crippen molar-refractivity contribution in [1.29, 1.82) is 0 Å². The van der Waals surface area contributed by atoms with Crippen LogP contribution in [0.3, 0.4) is 0 Å². The second-order valence-corrected chi connectivity index (χ2v) is 9.51. The summed E-state index contributed by atoms with van der Waals surface area (Å²) in [5.74, 6) is 1.57. The van der Waals surface area contributed by atoms with E-state index < -0.39 is 0 Å². The van der Waals surface area contributed by atoms with Gasteiger partial charge in [0.15, 0.2) is 0 Å². The van der Waals surface area contributed by atoms with Crippen molar-refractivity contribution >= 4 is 17.2 Å². The highest BCUT2D eigenvalue weighted by molar-refractivity contribution is 7.80. The summed E-state index contributed by atoms with van der Waals surface area (Å²) in [5.41, 5.74) is 5.06. The van der Waals surface area contributed by atoms with E-state index in [9.17, 15) is 4.79 Å². The molecule has 33 heavy (non-hydrogen) atoms. The molecule has 1 aliphatic rings. The molecule has 7 heteroatoms. The van der Waals surface area contributed by atoms with Gasteiger partial charge >= 0.3 is 0 Å². The van der Waals surface area contributed by atoms with E-state index in [-0.39, 0.29) is 5.56 Å². The maximum atomic E-state index is 13.1. The summed E-state index contributed by atoms with van der Waals surface area (Å²) in [6.07, 6.45) is 7.12. The van der Waals surface area contributed by atoms with E-state index >= 15 is 0 Å². The van der Waals surface area contributed by atoms with Crippen molar-refractivity contribution in [3.05, 3.63) is 45.4 Å². The lowest BCUT2D eigenvalue weighted by Crippen LogP contribution is -2.39. The first-order chi connectivity index (χ1) is 15.8. The van der Waals surface area contributed by atoms with Gasteiger partial charge in [0.25, 0.3) is 5.56 Å². The molecule has 0 aliphatic carbocycles. The Kier molecular flexibility index (Phi) is 8.54. The van der Waals surface area contributed by atoms with Crippen LogP contribution in [0.2, 0.25) is 0 Å². The number of aromatic nitrogens is 1. The molecule has 0 bridgehead atoms. The first-order valence-corrected chi connectivity index (χ1v) is 12.1. The zero-order chi connectivity index (χ0) is 24.1. The zero-order valence-electron chi connectivity index (χ0n) is 20.9. The van der Waals surface area contributed by atoms with E-state index in [1.807, 2.05) is 27.3 Å². The number of benzene rings is 1. The number of methoxy groups -OCH3 is 2. The van der Waals surface area contributed by atoms with Crippen molar-refractivity contribution in [3.63, 3.8) is 0 Å². The number of fused-ring (bicyclic) bond motifs is 1. The van der Waals surface area contributed by atoms with Crippen molar-refractivity contribution in [2.75, 3.05) is 34.9 Å². The molecule has 1 aromatic heterocycles. The monoisotopic (exact) mass is 471 g/mol. The highest BCUT2D eigenvalue weighted by atomic mass is 32.1. The second kappa shape index (κ2) is 11.2. The first-order valence-electron chi connectivity index (χ1n) is 11.7. The quantitative estimate of drug-likeness (QED) is 0.399. The van der Waals surface area contributed by atoms with Crippen LogP contribution in [0.25, 0.3) is 11.1 Å². The summed E-state index contributed by atoms with van der Waals surface area (Å²) in [6, 6.07) is 4.12. The average molecular weight is 472 g/mol. The minimum atomic E-state index is 0.0537. The largest absolute Gasteiger partial charge is 0.496 e. The Morgan fingerprint density at radius 2 is 1.79 bits per heavy atom. The highest BCUT2D eigenvalue weighted by Gasteiger charge is 2.25. The second-order valence-electron chi connectivity index (χ2n) is 9.04. The van der Waals surface area contributed by atoms with Crippen LogP contribution in [0.1, 0.15) is 49.3 Å². The van der Waals surface area contributed by atoms with Crippen LogP contribution in [0.15, 0.2) is 23.1 Å². The topological polar surface area (TPSA) is 46.9 Å². The first kappa shape index (κ1) is 25.2. The van der Waals surface area contributed by atoms with Crippen molar-refractivity contribution in [1.82, 2.24) is 14.4 Å². The molecule has 1 aliphatic heterocycles. The van der Waals surface area contributed by atoms with Gasteiger partial charge in [-0.25, -0.2) is 0 Å². The Bertz CT molecular complexity index is 1040. The van der Waals surface area contributed by atoms with Crippen molar-refractivity contribution < 1.29 is 9.47 Å². The fourth-order valence-electron chi connectivity index (χ4n) is 4.56. The third-order valence-electron chi connectivity index (χ3n) is 6.31. The van der Waals surface area contributed by atoms with E-state index in [0.717, 1.165) is 70.1 Å². The summed E-state index contributed by atoms with van der Waals surface area (Å²) in [4.78, 5) is 18.4. The molecule has 1 aromatic carbocycles. The molecular formula is C26H37N3O3S. The molecule has 0 saturated carbocycles. The summed E-state index contributed by atoms with van der Waals surface area (Å²) < 4.78 is 13.2. The molecule has 0 fully saturated rings. The van der Waals surface area contributed by atoms with Crippen LogP contribution in [-0.2, 0) is 26.6 Å². The number of nitrogens with zero attached hydrogens (tertiary/aromatic N) is 3. The molecule has 6 nitrogen and oxygen atoms in total. The van der Waals surface area contributed by atoms with Crippen molar-refractivity contribution in [2.45, 2.75) is 52.1 Å². The standard InChI is InChI=1S/C26H37N3O3S/c1-7-8-9-10-25(33)29-12-11-19-20(16-28(4)26(30)21(19)17-29)18-13-23(31-5)22(15-27(2)3)24(14-18)32-6/h13-14,16H,7-12,15,17H2,1-6H3. The number of hydrogen-bond donors (Lipinski definition) is 0. The normalized spacial score (nSPS) is 13.2. The number of pyridine rings is 1. The van der Waals surface area contributed by atoms with Crippen LogP contribution in [0.5, 0.6) is 11.5 Å². The van der Waals surface area contributed by atoms with Crippen LogP contribution in [0, 0.1) is 0 Å². The van der Waals surface area contributed by atoms with Crippen LogP contribution in [0.4, 0.5) is 0 Å². The SMILES string of the molecule is CCCCCC(=S)N1CCc2c(-c3cc(OC)c(CN(C)C)c(OC)c3)cn(C)c(=O)c2C1. The number of rotatable bonds is 9. The van der Waals surface area contributed by atoms with E-state index in [2.05, 4.69) is 28.9 Å². The summed E-state index contributed by atoms with van der Waals surface area (Å²) in [7, 11) is 9.24. The third-order valence-corrected chi connectivity index (χ3v) is 6.77. The molecule has 0 amide bonds. The van der Waals surface area contributed by atoms with Gasteiger partial charge in [-0.05, 0) is 56.6 Å². The number of aryl methyl sites for hydroxylation is 1. The van der Waals surface area contributed by atoms with Crippen molar-refractivity contribution in [3.8, 4) is 22.6 Å². The summed E-state index contributed by atoms with van der Waals surface area (Å²) in [6.45, 7) is 4.32. The molecule has 0 radical (unpaired) electrons. The Morgan fingerprint density at radius 1 is 1.12 bits per heavy atom. The smallest absolute Gasteiger partial charge is 0.255 e. The lowest BCUT2D eigenvalue weighted by molar-refractivity contribution is 0.349. The maximum absolute atomic E-state index is 13.1. The van der Waals surface area contributed by atoms with Gasteiger partial charge in [-0.2, -0.15) is 0 Å². The molecule has 0 N–H and O–H groups in total. The van der Waals surface area contributed by atoms with Gasteiger partial charge in [-0.15, -0.1) is 0 Å². The minimum Gasteiger partial charge on any atom is -0.496 e.